The molecule has 2 aromatic carbocycles. The second-order valence-corrected chi connectivity index (χ2v) is 9.00. The molecule has 2 bridgehead atoms. The quantitative estimate of drug-likeness (QED) is 0.677. The Hall–Kier alpha value is -2.37. The highest BCUT2D eigenvalue weighted by Crippen LogP contribution is 2.62. The first-order chi connectivity index (χ1) is 14.1. The van der Waals surface area contributed by atoms with Crippen molar-refractivity contribution >= 4 is 46.4 Å². The molecule has 0 radical (unpaired) electrons. The number of nitrogens with zero attached hydrogens (tertiary/aromatic N) is 2. The van der Waals surface area contributed by atoms with Gasteiger partial charge in [-0.1, -0.05) is 46.6 Å². The van der Waals surface area contributed by atoms with Crippen molar-refractivity contribution in [2.75, 3.05) is 4.90 Å². The normalized spacial score (nSPS) is 34.3. The third-order valence-corrected chi connectivity index (χ3v) is 7.51. The molecule has 1 saturated heterocycles. The zero-order valence-electron chi connectivity index (χ0n) is 15.2. The van der Waals surface area contributed by atoms with Gasteiger partial charge in [0, 0.05) is 27.4 Å². The van der Waals surface area contributed by atoms with E-state index in [1.165, 1.54) is 4.90 Å². The summed E-state index contributed by atoms with van der Waals surface area (Å²) < 4.78 is 0. The first-order valence-electron chi connectivity index (χ1n) is 9.68. The minimum atomic E-state index is -0.342. The van der Waals surface area contributed by atoms with Gasteiger partial charge in [0.15, 0.2) is 0 Å². The summed E-state index contributed by atoms with van der Waals surface area (Å²) in [7, 11) is 0. The smallest absolute Gasteiger partial charge is 0.238 e. The fourth-order valence-corrected chi connectivity index (χ4v) is 6.22. The lowest BCUT2D eigenvalue weighted by atomic mass is 9.71. The standard InChI is InChI=1S/C22H16Cl2N2O3/c23-10-5-7-11(8-6-10)26-21(27)16-13-9-14(17(16)22(26)28)20-18(13)19(25-29-20)12-3-1-2-4-15(12)24/h1-8,13-14,16-18,20H,9H2/t13-,14-,16-,17-,18-,20+/m1/s1. The van der Waals surface area contributed by atoms with E-state index in [0.29, 0.717) is 15.7 Å². The van der Waals surface area contributed by atoms with Crippen molar-refractivity contribution in [2.24, 2.45) is 34.7 Å². The molecule has 2 heterocycles. The molecule has 7 heteroatoms. The van der Waals surface area contributed by atoms with Crippen molar-refractivity contribution in [3.63, 3.8) is 0 Å². The van der Waals surface area contributed by atoms with Crippen molar-refractivity contribution in [3.05, 3.63) is 64.1 Å². The highest BCUT2D eigenvalue weighted by molar-refractivity contribution is 6.34. The Labute approximate surface area is 177 Å². The molecule has 6 atom stereocenters. The zero-order valence-corrected chi connectivity index (χ0v) is 16.7. The molecular weight excluding hydrogens is 411 g/mol. The number of carbonyl (C=O) groups excluding carboxylic acids is 2. The molecular formula is C22H16Cl2N2O3. The van der Waals surface area contributed by atoms with Gasteiger partial charge in [-0.05, 0) is 42.7 Å². The second-order valence-electron chi connectivity index (χ2n) is 8.16. The maximum absolute atomic E-state index is 13.3. The lowest BCUT2D eigenvalue weighted by molar-refractivity contribution is -0.125. The predicted molar refractivity (Wildman–Crippen MR) is 109 cm³/mol. The Kier molecular flexibility index (Phi) is 3.66. The Morgan fingerprint density at radius 1 is 0.897 bits per heavy atom. The van der Waals surface area contributed by atoms with Gasteiger partial charge in [-0.15, -0.1) is 0 Å². The molecule has 0 N–H and O–H groups in total. The SMILES string of the molecule is O=C1[C@@H]2[C@H]3C[C@@H]([C@@H]4ON=C(c5ccccc5Cl)[C@@H]34)[C@H]2C(=O)N1c1ccc(Cl)cc1. The van der Waals surface area contributed by atoms with E-state index in [0.717, 1.165) is 17.7 Å². The third kappa shape index (κ3) is 2.26. The average Bonchev–Trinajstić information content (AvgIpc) is 3.44. The molecule has 5 nitrogen and oxygen atoms in total. The Balaban J connectivity index is 1.37. The van der Waals surface area contributed by atoms with Crippen molar-refractivity contribution in [3.8, 4) is 0 Å². The van der Waals surface area contributed by atoms with E-state index in [1.807, 2.05) is 24.3 Å². The van der Waals surface area contributed by atoms with Gasteiger partial charge in [0.1, 0.15) is 6.10 Å². The highest BCUT2D eigenvalue weighted by Gasteiger charge is 2.70. The zero-order chi connectivity index (χ0) is 19.9. The number of rotatable bonds is 2. The Morgan fingerprint density at radius 3 is 2.31 bits per heavy atom. The van der Waals surface area contributed by atoms with E-state index >= 15 is 0 Å². The molecule has 2 amide bonds. The molecule has 0 unspecified atom stereocenters. The molecule has 0 spiro atoms. The lowest BCUT2D eigenvalue weighted by Crippen LogP contribution is -2.41. The lowest BCUT2D eigenvalue weighted by Gasteiger charge is -2.30. The van der Waals surface area contributed by atoms with Crippen LogP contribution < -0.4 is 4.90 Å². The van der Waals surface area contributed by atoms with Crippen LogP contribution in [0.5, 0.6) is 0 Å². The number of anilines is 1. The van der Waals surface area contributed by atoms with Gasteiger partial charge in [-0.2, -0.15) is 0 Å². The van der Waals surface area contributed by atoms with E-state index in [-0.39, 0.29) is 47.5 Å². The molecule has 146 valence electrons. The Bertz CT molecular complexity index is 1080. The molecule has 0 aromatic heterocycles. The van der Waals surface area contributed by atoms with Gasteiger partial charge < -0.3 is 4.84 Å². The molecule has 2 saturated carbocycles. The van der Waals surface area contributed by atoms with Crippen molar-refractivity contribution in [1.29, 1.82) is 0 Å². The van der Waals surface area contributed by atoms with Crippen LogP contribution in [0, 0.1) is 29.6 Å². The van der Waals surface area contributed by atoms with Crippen LogP contribution in [0.2, 0.25) is 10.0 Å². The van der Waals surface area contributed by atoms with Crippen LogP contribution in [0.15, 0.2) is 53.7 Å². The third-order valence-electron chi connectivity index (χ3n) is 6.93. The fraction of sp³-hybridized carbons (Fsp3) is 0.318. The van der Waals surface area contributed by atoms with Gasteiger partial charge >= 0.3 is 0 Å². The number of carbonyl (C=O) groups is 2. The summed E-state index contributed by atoms with van der Waals surface area (Å²) in [5.74, 6) is -0.928. The number of hydrogen-bond acceptors (Lipinski definition) is 4. The summed E-state index contributed by atoms with van der Waals surface area (Å²) in [5.41, 5.74) is 2.22. The summed E-state index contributed by atoms with van der Waals surface area (Å²) in [6.07, 6.45) is 0.634. The van der Waals surface area contributed by atoms with E-state index in [2.05, 4.69) is 5.16 Å². The number of halogens is 2. The topological polar surface area (TPSA) is 59.0 Å². The van der Waals surface area contributed by atoms with E-state index in [1.54, 1.807) is 24.3 Å². The number of amides is 2. The van der Waals surface area contributed by atoms with Crippen molar-refractivity contribution in [1.82, 2.24) is 0 Å². The van der Waals surface area contributed by atoms with E-state index in [4.69, 9.17) is 28.0 Å². The molecule has 4 aliphatic rings. The Morgan fingerprint density at radius 2 is 1.59 bits per heavy atom. The van der Waals surface area contributed by atoms with Crippen molar-refractivity contribution < 1.29 is 14.4 Å². The number of hydrogen-bond donors (Lipinski definition) is 0. The van der Waals surface area contributed by atoms with Crippen LogP contribution >= 0.6 is 23.2 Å². The number of imide groups is 1. The van der Waals surface area contributed by atoms with Gasteiger partial charge in [0.05, 0.1) is 23.2 Å². The first kappa shape index (κ1) is 17.5. The summed E-state index contributed by atoms with van der Waals surface area (Å²) in [6, 6.07) is 14.4. The monoisotopic (exact) mass is 426 g/mol. The second kappa shape index (κ2) is 6.07. The minimum Gasteiger partial charge on any atom is -0.391 e. The molecule has 3 fully saturated rings. The number of fused-ring (bicyclic) bond motifs is 8. The van der Waals surface area contributed by atoms with Gasteiger partial charge in [0.25, 0.3) is 0 Å². The molecule has 2 aliphatic heterocycles. The van der Waals surface area contributed by atoms with Gasteiger partial charge in [-0.3, -0.25) is 14.5 Å². The molecule has 6 rings (SSSR count). The summed E-state index contributed by atoms with van der Waals surface area (Å²) >= 11 is 12.4. The number of benzene rings is 2. The summed E-state index contributed by atoms with van der Waals surface area (Å²) in [4.78, 5) is 33.7. The summed E-state index contributed by atoms with van der Waals surface area (Å²) in [5, 5.41) is 5.52. The summed E-state index contributed by atoms with van der Waals surface area (Å²) in [6.45, 7) is 0. The highest BCUT2D eigenvalue weighted by atomic mass is 35.5. The van der Waals surface area contributed by atoms with Crippen LogP contribution in [-0.4, -0.2) is 23.6 Å². The van der Waals surface area contributed by atoms with E-state index in [9.17, 15) is 9.59 Å². The minimum absolute atomic E-state index is 0.00696. The fourth-order valence-electron chi connectivity index (χ4n) is 5.86. The van der Waals surface area contributed by atoms with Crippen molar-refractivity contribution in [2.45, 2.75) is 12.5 Å². The largest absolute Gasteiger partial charge is 0.391 e. The molecule has 29 heavy (non-hydrogen) atoms. The van der Waals surface area contributed by atoms with Gasteiger partial charge in [-0.25, -0.2) is 0 Å². The predicted octanol–water partition coefficient (Wildman–Crippen LogP) is 4.17. The van der Waals surface area contributed by atoms with Crippen LogP contribution in [0.1, 0.15) is 12.0 Å². The molecule has 2 aromatic rings. The average molecular weight is 427 g/mol. The maximum Gasteiger partial charge on any atom is 0.238 e. The van der Waals surface area contributed by atoms with Gasteiger partial charge in [0.2, 0.25) is 11.8 Å². The van der Waals surface area contributed by atoms with Crippen LogP contribution in [-0.2, 0) is 14.4 Å². The van der Waals surface area contributed by atoms with Crippen LogP contribution in [0.25, 0.3) is 0 Å². The first-order valence-corrected chi connectivity index (χ1v) is 10.4. The molecule has 2 aliphatic carbocycles. The van der Waals surface area contributed by atoms with Crippen LogP contribution in [0.3, 0.4) is 0 Å². The maximum atomic E-state index is 13.3. The number of oxime groups is 1. The van der Waals surface area contributed by atoms with E-state index < -0.39 is 0 Å². The van der Waals surface area contributed by atoms with Crippen LogP contribution in [0.4, 0.5) is 5.69 Å².